The molecule has 0 bridgehead atoms. The molecule has 0 unspecified atom stereocenters. The molecule has 0 saturated carbocycles. The summed E-state index contributed by atoms with van der Waals surface area (Å²) in [4.78, 5) is 28.3. The molecule has 1 saturated heterocycles. The fourth-order valence-corrected chi connectivity index (χ4v) is 2.42. The number of halogens is 1. The van der Waals surface area contributed by atoms with Gasteiger partial charge in [-0.25, -0.2) is 9.37 Å². The predicted octanol–water partition coefficient (Wildman–Crippen LogP) is 0.362. The van der Waals surface area contributed by atoms with Crippen LogP contribution in [0.1, 0.15) is 22.1 Å². The minimum atomic E-state index is -0.510. The van der Waals surface area contributed by atoms with E-state index in [9.17, 15) is 9.18 Å². The van der Waals surface area contributed by atoms with E-state index in [0.29, 0.717) is 24.6 Å². The molecule has 0 aliphatic carbocycles. The zero-order valence-electron chi connectivity index (χ0n) is 13.9. The first-order valence-electron chi connectivity index (χ1n) is 8.04. The number of amides is 1. The van der Waals surface area contributed by atoms with E-state index < -0.39 is 5.91 Å². The normalized spacial score (nSPS) is 14.0. The van der Waals surface area contributed by atoms with E-state index in [2.05, 4.69) is 30.4 Å². The third kappa shape index (κ3) is 3.87. The Labute approximate surface area is 152 Å². The summed E-state index contributed by atoms with van der Waals surface area (Å²) >= 11 is 0. The maximum Gasteiger partial charge on any atom is 0.316 e. The molecular formula is C16H14FN7O3. The Hall–Kier alpha value is -3.47. The smallest absolute Gasteiger partial charge is 0.316 e. The summed E-state index contributed by atoms with van der Waals surface area (Å²) in [6.07, 6.45) is 0.240. The van der Waals surface area contributed by atoms with Gasteiger partial charge in [0.1, 0.15) is 11.6 Å². The highest BCUT2D eigenvalue weighted by Gasteiger charge is 2.25. The van der Waals surface area contributed by atoms with Crippen molar-refractivity contribution in [1.82, 2.24) is 30.4 Å². The van der Waals surface area contributed by atoms with E-state index in [1.165, 1.54) is 12.1 Å². The molecular weight excluding hydrogens is 357 g/mol. The number of carbonyl (C=O) groups excluding carboxylic acids is 1. The van der Waals surface area contributed by atoms with Crippen molar-refractivity contribution < 1.29 is 18.4 Å². The van der Waals surface area contributed by atoms with Crippen LogP contribution in [0.25, 0.3) is 11.6 Å². The number of carbonyl (C=O) groups is 1. The number of nitrogens with one attached hydrogen (secondary N) is 1. The van der Waals surface area contributed by atoms with E-state index in [-0.39, 0.29) is 41.8 Å². The maximum absolute atomic E-state index is 13.3. The van der Waals surface area contributed by atoms with Crippen molar-refractivity contribution >= 4 is 11.9 Å². The van der Waals surface area contributed by atoms with Crippen LogP contribution in [0, 0.1) is 5.82 Å². The van der Waals surface area contributed by atoms with Crippen LogP contribution in [0.2, 0.25) is 0 Å². The molecule has 0 atom stereocenters. The average Bonchev–Trinajstić information content (AvgIpc) is 3.08. The molecule has 1 aliphatic heterocycles. The number of nitrogens with zero attached hydrogens (tertiary/aromatic N) is 5. The van der Waals surface area contributed by atoms with Gasteiger partial charge in [-0.1, -0.05) is 17.3 Å². The predicted molar refractivity (Wildman–Crippen MR) is 88.8 cm³/mol. The summed E-state index contributed by atoms with van der Waals surface area (Å²) in [5.74, 6) is -0.769. The second kappa shape index (κ2) is 7.03. The lowest BCUT2D eigenvalue weighted by molar-refractivity contribution is -0.00412. The molecule has 0 spiro atoms. The highest BCUT2D eigenvalue weighted by atomic mass is 19.1. The molecule has 3 N–H and O–H groups in total. The number of anilines is 1. The van der Waals surface area contributed by atoms with Gasteiger partial charge in [-0.05, 0) is 17.7 Å². The Morgan fingerprint density at radius 1 is 1.22 bits per heavy atom. The molecule has 10 nitrogen and oxygen atoms in total. The number of ether oxygens (including phenoxy) is 1. The Kier molecular flexibility index (Phi) is 4.42. The van der Waals surface area contributed by atoms with Crippen molar-refractivity contribution in [3.05, 3.63) is 47.4 Å². The molecule has 11 heteroatoms. The number of nitrogens with two attached hydrogens (primary N) is 1. The molecule has 3 aromatic rings. The van der Waals surface area contributed by atoms with Crippen molar-refractivity contribution in [1.29, 1.82) is 0 Å². The average molecular weight is 371 g/mol. The van der Waals surface area contributed by atoms with Gasteiger partial charge in [0.15, 0.2) is 0 Å². The summed E-state index contributed by atoms with van der Waals surface area (Å²) in [6, 6.07) is 5.98. The van der Waals surface area contributed by atoms with Crippen LogP contribution in [-0.4, -0.2) is 50.3 Å². The van der Waals surface area contributed by atoms with Crippen LogP contribution in [0.3, 0.4) is 0 Å². The molecule has 3 heterocycles. The summed E-state index contributed by atoms with van der Waals surface area (Å²) in [7, 11) is 0. The van der Waals surface area contributed by atoms with Gasteiger partial charge < -0.3 is 20.3 Å². The molecule has 0 radical (unpaired) electrons. The number of benzene rings is 1. The van der Waals surface area contributed by atoms with Gasteiger partial charge in [-0.15, -0.1) is 0 Å². The first kappa shape index (κ1) is 17.0. The van der Waals surface area contributed by atoms with Crippen LogP contribution in [0.4, 0.5) is 10.3 Å². The Bertz CT molecular complexity index is 990. The Morgan fingerprint density at radius 2 is 2.07 bits per heavy atom. The number of nitrogen functional groups attached to an aromatic ring is 1. The minimum Gasteiger partial charge on any atom is -0.377 e. The summed E-state index contributed by atoms with van der Waals surface area (Å²) in [5.41, 5.74) is 6.39. The van der Waals surface area contributed by atoms with Crippen LogP contribution in [0.15, 0.2) is 28.8 Å². The van der Waals surface area contributed by atoms with Crippen LogP contribution >= 0.6 is 0 Å². The molecule has 2 aromatic heterocycles. The van der Waals surface area contributed by atoms with Crippen LogP contribution < -0.4 is 11.1 Å². The largest absolute Gasteiger partial charge is 0.377 e. The molecule has 1 aliphatic rings. The summed E-state index contributed by atoms with van der Waals surface area (Å²) in [5, 5.41) is 6.40. The van der Waals surface area contributed by atoms with Crippen molar-refractivity contribution in [3.63, 3.8) is 0 Å². The van der Waals surface area contributed by atoms with E-state index >= 15 is 0 Å². The molecule has 27 heavy (non-hydrogen) atoms. The lowest BCUT2D eigenvalue weighted by Gasteiger charge is -2.25. The summed E-state index contributed by atoms with van der Waals surface area (Å²) < 4.78 is 23.3. The van der Waals surface area contributed by atoms with Gasteiger partial charge >= 0.3 is 11.8 Å². The van der Waals surface area contributed by atoms with E-state index in [4.69, 9.17) is 15.0 Å². The zero-order chi connectivity index (χ0) is 18.8. The quantitative estimate of drug-likeness (QED) is 0.650. The van der Waals surface area contributed by atoms with Gasteiger partial charge in [-0.2, -0.15) is 15.0 Å². The minimum absolute atomic E-state index is 0.000369. The number of aromatic nitrogens is 5. The van der Waals surface area contributed by atoms with Gasteiger partial charge in [-0.3, -0.25) is 4.79 Å². The van der Waals surface area contributed by atoms with E-state index in [0.717, 1.165) is 0 Å². The van der Waals surface area contributed by atoms with Crippen molar-refractivity contribution in [2.24, 2.45) is 0 Å². The molecule has 1 fully saturated rings. The number of hydrogen-bond acceptors (Lipinski definition) is 9. The maximum atomic E-state index is 13.3. The Morgan fingerprint density at radius 3 is 2.81 bits per heavy atom. The van der Waals surface area contributed by atoms with Gasteiger partial charge in [0.25, 0.3) is 0 Å². The van der Waals surface area contributed by atoms with Crippen molar-refractivity contribution in [2.45, 2.75) is 12.5 Å². The van der Waals surface area contributed by atoms with Crippen LogP contribution in [0.5, 0.6) is 0 Å². The first-order chi connectivity index (χ1) is 13.1. The topological polar surface area (TPSA) is 142 Å². The standard InChI is InChI=1S/C16H14FN7O3/c17-9-3-1-2-8(4-9)5-11-20-12(23-16(18)21-11)13-22-15(27-24-13)14(25)19-10-6-26-7-10/h1-4,10H,5-7H2,(H,19,25)(H2,18,20,21,23). The van der Waals surface area contributed by atoms with Crippen molar-refractivity contribution in [3.8, 4) is 11.6 Å². The van der Waals surface area contributed by atoms with Crippen molar-refractivity contribution in [2.75, 3.05) is 18.9 Å². The third-order valence-corrected chi connectivity index (χ3v) is 3.74. The highest BCUT2D eigenvalue weighted by Crippen LogP contribution is 2.15. The highest BCUT2D eigenvalue weighted by molar-refractivity contribution is 5.90. The SMILES string of the molecule is Nc1nc(Cc2cccc(F)c2)nc(-c2noc(C(=O)NC3COC3)n2)n1. The fourth-order valence-electron chi connectivity index (χ4n) is 2.42. The molecule has 138 valence electrons. The number of hydrogen-bond donors (Lipinski definition) is 2. The summed E-state index contributed by atoms with van der Waals surface area (Å²) in [6.45, 7) is 0.889. The van der Waals surface area contributed by atoms with E-state index in [1.807, 2.05) is 0 Å². The van der Waals surface area contributed by atoms with Gasteiger partial charge in [0.2, 0.25) is 17.6 Å². The number of rotatable bonds is 5. The van der Waals surface area contributed by atoms with Crippen LogP contribution in [-0.2, 0) is 11.2 Å². The Balaban J connectivity index is 1.55. The first-order valence-corrected chi connectivity index (χ1v) is 8.04. The van der Waals surface area contributed by atoms with E-state index in [1.54, 1.807) is 12.1 Å². The fraction of sp³-hybridized carbons (Fsp3) is 0.250. The monoisotopic (exact) mass is 371 g/mol. The lowest BCUT2D eigenvalue weighted by atomic mass is 10.1. The molecule has 1 amide bonds. The zero-order valence-corrected chi connectivity index (χ0v) is 13.9. The van der Waals surface area contributed by atoms with Gasteiger partial charge in [0, 0.05) is 6.42 Å². The van der Waals surface area contributed by atoms with Gasteiger partial charge in [0.05, 0.1) is 19.3 Å². The molecule has 1 aromatic carbocycles. The lowest BCUT2D eigenvalue weighted by Crippen LogP contribution is -2.48. The molecule has 4 rings (SSSR count). The second-order valence-electron chi connectivity index (χ2n) is 5.87. The third-order valence-electron chi connectivity index (χ3n) is 3.74. The second-order valence-corrected chi connectivity index (χ2v) is 5.87.